The van der Waals surface area contributed by atoms with Crippen molar-refractivity contribution in [3.63, 3.8) is 0 Å². The first-order valence-electron chi connectivity index (χ1n) is 6.74. The van der Waals surface area contributed by atoms with Crippen LogP contribution in [0.15, 0.2) is 64.0 Å². The summed E-state index contributed by atoms with van der Waals surface area (Å²) in [4.78, 5) is 5.47. The Labute approximate surface area is 138 Å². The summed E-state index contributed by atoms with van der Waals surface area (Å²) in [6, 6.07) is 17.7. The van der Waals surface area contributed by atoms with Crippen LogP contribution < -0.4 is 0 Å². The molecule has 0 saturated heterocycles. The maximum absolute atomic E-state index is 5.86. The number of hydrogen-bond acceptors (Lipinski definition) is 4. The minimum absolute atomic E-state index is 0.510. The molecule has 3 rings (SSSR count). The molecule has 0 fully saturated rings. The molecule has 0 aliphatic carbocycles. The van der Waals surface area contributed by atoms with Crippen molar-refractivity contribution in [2.45, 2.75) is 10.6 Å². The predicted octanol–water partition coefficient (Wildman–Crippen LogP) is 5.19. The van der Waals surface area contributed by atoms with Gasteiger partial charge in [0.2, 0.25) is 0 Å². The van der Waals surface area contributed by atoms with Gasteiger partial charge in [0, 0.05) is 16.0 Å². The molecule has 0 atom stereocenters. The normalized spacial score (nSPS) is 11.1. The van der Waals surface area contributed by atoms with E-state index in [1.165, 1.54) is 0 Å². The Bertz CT molecular complexity index is 754. The van der Waals surface area contributed by atoms with Gasteiger partial charge in [-0.05, 0) is 35.9 Å². The van der Waals surface area contributed by atoms with E-state index < -0.39 is 0 Å². The van der Waals surface area contributed by atoms with Crippen molar-refractivity contribution >= 4 is 35.5 Å². The minimum atomic E-state index is 0.510. The van der Waals surface area contributed by atoms with Gasteiger partial charge in [-0.2, -0.15) is 4.98 Å². The third-order valence-electron chi connectivity index (χ3n) is 2.88. The van der Waals surface area contributed by atoms with Gasteiger partial charge in [0.15, 0.2) is 5.82 Å². The molecule has 5 heteroatoms. The Morgan fingerprint density at radius 1 is 1.00 bits per heavy atom. The smallest absolute Gasteiger partial charge is 0.250 e. The SMILES string of the molecule is Clc1ccc(SCc2noc(/C=C/c3ccccc3)n2)cc1. The third-order valence-corrected chi connectivity index (χ3v) is 4.14. The number of thioether (sulfide) groups is 1. The lowest BCUT2D eigenvalue weighted by Crippen LogP contribution is -1.83. The molecule has 0 unspecified atom stereocenters. The molecule has 22 heavy (non-hydrogen) atoms. The van der Waals surface area contributed by atoms with Crippen molar-refractivity contribution < 1.29 is 4.52 Å². The van der Waals surface area contributed by atoms with Gasteiger partial charge in [0.25, 0.3) is 5.89 Å². The summed E-state index contributed by atoms with van der Waals surface area (Å²) < 4.78 is 5.21. The van der Waals surface area contributed by atoms with E-state index in [0.29, 0.717) is 17.5 Å². The molecule has 1 heterocycles. The fourth-order valence-electron chi connectivity index (χ4n) is 1.80. The molecule has 0 saturated carbocycles. The van der Waals surface area contributed by atoms with Gasteiger partial charge in [-0.3, -0.25) is 0 Å². The zero-order chi connectivity index (χ0) is 15.2. The van der Waals surface area contributed by atoms with Crippen molar-refractivity contribution in [3.8, 4) is 0 Å². The number of nitrogens with zero attached hydrogens (tertiary/aromatic N) is 2. The molecule has 0 radical (unpaired) electrons. The maximum atomic E-state index is 5.86. The summed E-state index contributed by atoms with van der Waals surface area (Å²) in [6.07, 6.45) is 3.77. The number of halogens is 1. The summed E-state index contributed by atoms with van der Waals surface area (Å²) in [5.41, 5.74) is 1.10. The second-order valence-corrected chi connectivity index (χ2v) is 6.02. The average molecular weight is 329 g/mol. The fraction of sp³-hybridized carbons (Fsp3) is 0.0588. The lowest BCUT2D eigenvalue weighted by atomic mass is 10.2. The van der Waals surface area contributed by atoms with E-state index >= 15 is 0 Å². The van der Waals surface area contributed by atoms with Crippen LogP contribution in [0.5, 0.6) is 0 Å². The average Bonchev–Trinajstić information content (AvgIpc) is 3.01. The summed E-state index contributed by atoms with van der Waals surface area (Å²) in [6.45, 7) is 0. The third kappa shape index (κ3) is 4.23. The van der Waals surface area contributed by atoms with Crippen LogP contribution in [0, 0.1) is 0 Å². The highest BCUT2D eigenvalue weighted by Gasteiger charge is 2.04. The highest BCUT2D eigenvalue weighted by Crippen LogP contribution is 2.23. The van der Waals surface area contributed by atoms with E-state index in [4.69, 9.17) is 16.1 Å². The van der Waals surface area contributed by atoms with Gasteiger partial charge in [-0.1, -0.05) is 47.1 Å². The first-order chi connectivity index (χ1) is 10.8. The van der Waals surface area contributed by atoms with Crippen LogP contribution in [0.1, 0.15) is 17.3 Å². The molecule has 0 aliphatic rings. The lowest BCUT2D eigenvalue weighted by Gasteiger charge is -1.97. The number of benzene rings is 2. The molecule has 0 aliphatic heterocycles. The van der Waals surface area contributed by atoms with Crippen LogP contribution >= 0.6 is 23.4 Å². The van der Waals surface area contributed by atoms with Crippen molar-refractivity contribution in [1.82, 2.24) is 10.1 Å². The van der Waals surface area contributed by atoms with Gasteiger partial charge in [0.05, 0.1) is 5.75 Å². The van der Waals surface area contributed by atoms with Crippen LogP contribution in [-0.4, -0.2) is 10.1 Å². The Kier molecular flexibility index (Phi) is 4.93. The molecule has 2 aromatic carbocycles. The van der Waals surface area contributed by atoms with Crippen LogP contribution in [-0.2, 0) is 5.75 Å². The molecular formula is C17H13ClN2OS. The first-order valence-corrected chi connectivity index (χ1v) is 8.10. The molecule has 3 aromatic rings. The number of hydrogen-bond donors (Lipinski definition) is 0. The van der Waals surface area contributed by atoms with Crippen LogP contribution in [0.3, 0.4) is 0 Å². The molecule has 0 bridgehead atoms. The molecule has 0 amide bonds. The molecule has 0 N–H and O–H groups in total. The molecule has 3 nitrogen and oxygen atoms in total. The van der Waals surface area contributed by atoms with Gasteiger partial charge in [-0.25, -0.2) is 0 Å². The lowest BCUT2D eigenvalue weighted by molar-refractivity contribution is 0.405. The topological polar surface area (TPSA) is 38.9 Å². The van der Waals surface area contributed by atoms with E-state index in [-0.39, 0.29) is 0 Å². The van der Waals surface area contributed by atoms with Crippen molar-refractivity contribution in [3.05, 3.63) is 76.9 Å². The van der Waals surface area contributed by atoms with E-state index in [2.05, 4.69) is 10.1 Å². The number of rotatable bonds is 5. The molecule has 0 spiro atoms. The molecule has 110 valence electrons. The highest BCUT2D eigenvalue weighted by atomic mass is 35.5. The standard InChI is InChI=1S/C17H13ClN2OS/c18-14-7-9-15(10-8-14)22-12-16-19-17(21-20-16)11-6-13-4-2-1-3-5-13/h1-11H,12H2/b11-6+. The van der Waals surface area contributed by atoms with Crippen molar-refractivity contribution in [1.29, 1.82) is 0 Å². The highest BCUT2D eigenvalue weighted by molar-refractivity contribution is 7.98. The largest absolute Gasteiger partial charge is 0.335 e. The quantitative estimate of drug-likeness (QED) is 0.604. The fourth-order valence-corrected chi connectivity index (χ4v) is 2.67. The minimum Gasteiger partial charge on any atom is -0.335 e. The summed E-state index contributed by atoms with van der Waals surface area (Å²) in [5, 5.41) is 4.71. The molecule has 1 aromatic heterocycles. The monoisotopic (exact) mass is 328 g/mol. The second-order valence-electron chi connectivity index (χ2n) is 4.54. The Hall–Kier alpha value is -2.04. The van der Waals surface area contributed by atoms with Gasteiger partial charge in [-0.15, -0.1) is 11.8 Å². The van der Waals surface area contributed by atoms with Gasteiger partial charge < -0.3 is 4.52 Å². The number of aromatic nitrogens is 2. The van der Waals surface area contributed by atoms with E-state index in [9.17, 15) is 0 Å². The maximum Gasteiger partial charge on any atom is 0.250 e. The van der Waals surface area contributed by atoms with Crippen LogP contribution in [0.4, 0.5) is 0 Å². The predicted molar refractivity (Wildman–Crippen MR) is 90.7 cm³/mol. The van der Waals surface area contributed by atoms with Gasteiger partial charge >= 0.3 is 0 Å². The van der Waals surface area contributed by atoms with Crippen molar-refractivity contribution in [2.24, 2.45) is 0 Å². The first kappa shape index (κ1) is 14.9. The van der Waals surface area contributed by atoms with E-state index in [1.54, 1.807) is 11.8 Å². The van der Waals surface area contributed by atoms with E-state index in [1.807, 2.05) is 66.7 Å². The summed E-state index contributed by atoms with van der Waals surface area (Å²) in [7, 11) is 0. The van der Waals surface area contributed by atoms with E-state index in [0.717, 1.165) is 15.5 Å². The van der Waals surface area contributed by atoms with Crippen molar-refractivity contribution in [2.75, 3.05) is 0 Å². The molecular weight excluding hydrogens is 316 g/mol. The zero-order valence-electron chi connectivity index (χ0n) is 11.6. The Balaban J connectivity index is 1.59. The Morgan fingerprint density at radius 2 is 1.77 bits per heavy atom. The Morgan fingerprint density at radius 3 is 2.55 bits per heavy atom. The summed E-state index contributed by atoms with van der Waals surface area (Å²) in [5.74, 6) is 1.84. The summed E-state index contributed by atoms with van der Waals surface area (Å²) >= 11 is 7.50. The van der Waals surface area contributed by atoms with Crippen LogP contribution in [0.25, 0.3) is 12.2 Å². The zero-order valence-corrected chi connectivity index (χ0v) is 13.2. The second kappa shape index (κ2) is 7.29. The van der Waals surface area contributed by atoms with Crippen LogP contribution in [0.2, 0.25) is 5.02 Å². The van der Waals surface area contributed by atoms with Gasteiger partial charge in [0.1, 0.15) is 0 Å².